The van der Waals surface area contributed by atoms with E-state index >= 15 is 0 Å². The minimum atomic E-state index is -0.852. The Kier molecular flexibility index (Phi) is 3.32. The monoisotopic (exact) mass is 337 g/mol. The zero-order valence-corrected chi connectivity index (χ0v) is 10.6. The molecule has 16 heavy (non-hydrogen) atoms. The summed E-state index contributed by atoms with van der Waals surface area (Å²) in [6.45, 7) is 0.455. The van der Waals surface area contributed by atoms with Crippen molar-refractivity contribution in [3.8, 4) is 0 Å². The Morgan fingerprint density at radius 3 is 2.44 bits per heavy atom. The Balaban J connectivity index is 2.36. The molecule has 0 spiro atoms. The second kappa shape index (κ2) is 4.57. The van der Waals surface area contributed by atoms with Gasteiger partial charge in [0.1, 0.15) is 11.6 Å². The molecule has 1 atom stereocenters. The first-order valence-corrected chi connectivity index (χ1v) is 7.36. The van der Waals surface area contributed by atoms with E-state index in [0.717, 1.165) is 0 Å². The molecule has 1 aromatic rings. The average molecular weight is 337 g/mol. The van der Waals surface area contributed by atoms with E-state index in [0.29, 0.717) is 18.5 Å². The first kappa shape index (κ1) is 11.6. The second-order valence-electron chi connectivity index (χ2n) is 3.64. The van der Waals surface area contributed by atoms with Crippen molar-refractivity contribution in [1.29, 1.82) is 0 Å². The summed E-state index contributed by atoms with van der Waals surface area (Å²) in [6.07, 6.45) is 0.303. The van der Waals surface area contributed by atoms with E-state index in [1.165, 1.54) is 12.1 Å². The highest BCUT2D eigenvalue weighted by Gasteiger charge is 2.24. The summed E-state index contributed by atoms with van der Waals surface area (Å²) in [6, 6.07) is 2.66. The lowest BCUT2D eigenvalue weighted by atomic mass is 9.98. The fourth-order valence-electron chi connectivity index (χ4n) is 1.78. The van der Waals surface area contributed by atoms with Crippen LogP contribution in [0.5, 0.6) is 0 Å². The van der Waals surface area contributed by atoms with E-state index in [4.69, 9.17) is 0 Å². The number of halogens is 3. The lowest BCUT2D eigenvalue weighted by molar-refractivity contribution is -0.119. The van der Waals surface area contributed by atoms with Crippen LogP contribution >= 0.6 is 20.7 Å². The van der Waals surface area contributed by atoms with Crippen LogP contribution in [0.4, 0.5) is 8.78 Å². The van der Waals surface area contributed by atoms with Crippen LogP contribution in [0.1, 0.15) is 17.9 Å². The number of carbonyl (C=O) groups excluding carboxylic acids is 1. The molecule has 5 heteroatoms. The fourth-order valence-corrected chi connectivity index (χ4v) is 2.82. The van der Waals surface area contributed by atoms with Gasteiger partial charge in [0.25, 0.3) is 0 Å². The van der Waals surface area contributed by atoms with Crippen molar-refractivity contribution in [2.75, 3.05) is 6.54 Å². The number of amides is 1. The molecule has 1 amide bonds. The Morgan fingerprint density at radius 2 is 2.00 bits per heavy atom. The molecule has 1 saturated heterocycles. The third-order valence-electron chi connectivity index (χ3n) is 2.59. The smallest absolute Gasteiger partial charge is 0.220 e. The standard InChI is InChI=1S/C11H10F2INO/c1-14-11-8(12)2-6(3-9(11)13)7-4-10(16)15-5-7/h2-3,7H,1,4-5H2,(H,15,16). The van der Waals surface area contributed by atoms with Gasteiger partial charge in [-0.3, -0.25) is 4.79 Å². The molecule has 1 aliphatic rings. The number of hydrogen-bond donors (Lipinski definition) is 1. The van der Waals surface area contributed by atoms with Crippen LogP contribution in [-0.2, 0) is 4.79 Å². The van der Waals surface area contributed by atoms with Crippen molar-refractivity contribution >= 4 is 31.2 Å². The molecule has 0 aromatic heterocycles. The maximum Gasteiger partial charge on any atom is 0.220 e. The van der Waals surface area contributed by atoms with Crippen LogP contribution in [0.2, 0.25) is 0 Å². The highest BCUT2D eigenvalue weighted by molar-refractivity contribution is 14.2. The normalized spacial score (nSPS) is 19.9. The van der Waals surface area contributed by atoms with Crippen LogP contribution in [0, 0.1) is 15.2 Å². The van der Waals surface area contributed by atoms with Crippen LogP contribution in [0.3, 0.4) is 0 Å². The van der Waals surface area contributed by atoms with Gasteiger partial charge in [-0.05, 0) is 17.7 Å². The van der Waals surface area contributed by atoms with E-state index < -0.39 is 32.4 Å². The maximum absolute atomic E-state index is 13.5. The van der Waals surface area contributed by atoms with E-state index in [1.54, 1.807) is 0 Å². The first-order chi connectivity index (χ1) is 7.61. The van der Waals surface area contributed by atoms with Gasteiger partial charge in [0.15, 0.2) is 0 Å². The fraction of sp³-hybridized carbons (Fsp3) is 0.273. The molecule has 0 radical (unpaired) electrons. The quantitative estimate of drug-likeness (QED) is 0.650. The van der Waals surface area contributed by atoms with Crippen molar-refractivity contribution in [2.45, 2.75) is 12.3 Å². The summed E-state index contributed by atoms with van der Waals surface area (Å²) in [5, 5.41) is 2.65. The first-order valence-electron chi connectivity index (χ1n) is 4.76. The van der Waals surface area contributed by atoms with Gasteiger partial charge in [-0.1, -0.05) is 25.2 Å². The van der Waals surface area contributed by atoms with Gasteiger partial charge < -0.3 is 5.32 Å². The topological polar surface area (TPSA) is 29.1 Å². The minimum Gasteiger partial charge on any atom is -0.355 e. The average Bonchev–Trinajstić information content (AvgIpc) is 2.64. The zero-order chi connectivity index (χ0) is 11.7. The Labute approximate surface area is 102 Å². The van der Waals surface area contributed by atoms with E-state index in [9.17, 15) is 13.6 Å². The van der Waals surface area contributed by atoms with E-state index in [-0.39, 0.29) is 15.4 Å². The molecule has 0 aliphatic carbocycles. The molecule has 1 heterocycles. The third-order valence-corrected chi connectivity index (χ3v) is 4.38. The Bertz CT molecular complexity index is 438. The maximum atomic E-state index is 13.5. The third kappa shape index (κ3) is 2.14. The zero-order valence-electron chi connectivity index (χ0n) is 8.40. The molecule has 0 bridgehead atoms. The van der Waals surface area contributed by atoms with Crippen LogP contribution in [0.15, 0.2) is 12.1 Å². The summed E-state index contributed by atoms with van der Waals surface area (Å²) in [7, 11) is 0. The van der Waals surface area contributed by atoms with Crippen LogP contribution in [0.25, 0.3) is 0 Å². The van der Waals surface area contributed by atoms with Gasteiger partial charge >= 0.3 is 0 Å². The van der Waals surface area contributed by atoms with Gasteiger partial charge in [0, 0.05) is 18.9 Å². The Hall–Kier alpha value is -0.850. The lowest BCUT2D eigenvalue weighted by Crippen LogP contribution is -2.13. The number of carbonyl (C=O) groups is 1. The van der Waals surface area contributed by atoms with E-state index in [1.807, 2.05) is 0 Å². The van der Waals surface area contributed by atoms with Crippen molar-refractivity contribution < 1.29 is 13.6 Å². The summed E-state index contributed by atoms with van der Waals surface area (Å²) >= 11 is -0.852. The minimum absolute atomic E-state index is 0.0699. The van der Waals surface area contributed by atoms with Crippen molar-refractivity contribution in [3.05, 3.63) is 32.9 Å². The van der Waals surface area contributed by atoms with Gasteiger partial charge in [0.2, 0.25) is 5.91 Å². The SMILES string of the molecule is C=Ic1c(F)cc(C2CNC(=O)C2)cc1F. The number of nitrogens with one attached hydrogen (secondary N) is 1. The molecule has 1 aromatic carbocycles. The summed E-state index contributed by atoms with van der Waals surface area (Å²) in [4.78, 5) is 11.0. The van der Waals surface area contributed by atoms with E-state index in [2.05, 4.69) is 9.83 Å². The molecular formula is C11H10F2INO. The highest BCUT2D eigenvalue weighted by atomic mass is 127. The molecular weight excluding hydrogens is 327 g/mol. The van der Waals surface area contributed by atoms with Crippen LogP contribution < -0.4 is 5.32 Å². The molecule has 1 unspecified atom stereocenters. The van der Waals surface area contributed by atoms with Gasteiger partial charge in [-0.2, -0.15) is 0 Å². The molecule has 86 valence electrons. The number of hydrogen-bond acceptors (Lipinski definition) is 1. The predicted molar refractivity (Wildman–Crippen MR) is 66.6 cm³/mol. The number of benzene rings is 1. The molecule has 1 aliphatic heterocycles. The molecule has 2 nitrogen and oxygen atoms in total. The Morgan fingerprint density at radius 1 is 1.38 bits per heavy atom. The highest BCUT2D eigenvalue weighted by Crippen LogP contribution is 2.28. The van der Waals surface area contributed by atoms with Crippen LogP contribution in [-0.4, -0.2) is 17.0 Å². The van der Waals surface area contributed by atoms with Gasteiger partial charge in [-0.25, -0.2) is 8.78 Å². The van der Waals surface area contributed by atoms with Crippen molar-refractivity contribution in [3.63, 3.8) is 0 Å². The summed E-state index contributed by atoms with van der Waals surface area (Å²) in [5.41, 5.74) is 0.551. The summed E-state index contributed by atoms with van der Waals surface area (Å²) in [5.74, 6) is -1.25. The number of rotatable bonds is 2. The van der Waals surface area contributed by atoms with Crippen molar-refractivity contribution in [1.82, 2.24) is 5.32 Å². The summed E-state index contributed by atoms with van der Waals surface area (Å²) < 4.78 is 30.7. The van der Waals surface area contributed by atoms with Gasteiger partial charge in [0.05, 0.1) is 3.57 Å². The van der Waals surface area contributed by atoms with Crippen molar-refractivity contribution in [2.24, 2.45) is 0 Å². The molecule has 1 fully saturated rings. The molecule has 2 rings (SSSR count). The van der Waals surface area contributed by atoms with Gasteiger partial charge in [-0.15, -0.1) is 0 Å². The lowest BCUT2D eigenvalue weighted by Gasteiger charge is -2.09. The second-order valence-corrected chi connectivity index (χ2v) is 5.48. The largest absolute Gasteiger partial charge is 0.355 e. The molecule has 0 saturated carbocycles. The predicted octanol–water partition coefficient (Wildman–Crippen LogP) is 2.14. The molecule has 1 N–H and O–H groups in total.